The molecule has 0 saturated heterocycles. The predicted octanol–water partition coefficient (Wildman–Crippen LogP) is -0.173. The van der Waals surface area contributed by atoms with Gasteiger partial charge in [-0.25, -0.2) is 0 Å². The van der Waals surface area contributed by atoms with Crippen LogP contribution in [0.25, 0.3) is 0 Å². The third kappa shape index (κ3) is 2.82. The van der Waals surface area contributed by atoms with E-state index in [2.05, 4.69) is 18.9 Å². The smallest absolute Gasteiger partial charge is 0.298 e. The summed E-state index contributed by atoms with van der Waals surface area (Å²) in [6.07, 6.45) is 0. The van der Waals surface area contributed by atoms with Crippen LogP contribution in [-0.4, -0.2) is 25.9 Å². The molecule has 18 heavy (non-hydrogen) atoms. The highest BCUT2D eigenvalue weighted by atomic mass is 16.6. The molecule has 0 N–H and O–H groups in total. The summed E-state index contributed by atoms with van der Waals surface area (Å²) < 4.78 is 18.0. The Morgan fingerprint density at radius 3 is 1.22 bits per heavy atom. The van der Waals surface area contributed by atoms with Crippen molar-refractivity contribution in [1.29, 1.82) is 0 Å². The Morgan fingerprint density at radius 1 is 0.611 bits per heavy atom. The molecule has 0 amide bonds. The molecule has 8 heteroatoms. The molecule has 8 nitrogen and oxygen atoms in total. The third-order valence-electron chi connectivity index (χ3n) is 1.72. The number of hydrogen-bond donors (Lipinski definition) is 0. The van der Waals surface area contributed by atoms with E-state index in [4.69, 9.17) is 0 Å². The lowest BCUT2D eigenvalue weighted by atomic mass is 10.2. The Hall–Kier alpha value is -2.90. The Balaban J connectivity index is 3.35. The lowest BCUT2D eigenvalue weighted by Gasteiger charge is -2.11. The summed E-state index contributed by atoms with van der Waals surface area (Å²) in [5.41, 5.74) is 0. The summed E-state index contributed by atoms with van der Waals surface area (Å²) in [6, 6.07) is 2.37. The van der Waals surface area contributed by atoms with Crippen LogP contribution in [0.5, 0.6) is 23.0 Å². The predicted molar refractivity (Wildman–Crippen MR) is 53.2 cm³/mol. The van der Waals surface area contributed by atoms with Crippen molar-refractivity contribution in [3.63, 3.8) is 0 Å². The average molecular weight is 254 g/mol. The second-order valence-electron chi connectivity index (χ2n) is 2.58. The van der Waals surface area contributed by atoms with Gasteiger partial charge in [-0.05, 0) is 12.1 Å². The topological polar surface area (TPSA) is 105 Å². The van der Waals surface area contributed by atoms with Gasteiger partial charge >= 0.3 is 0 Å². The maximum Gasteiger partial charge on any atom is 0.298 e. The van der Waals surface area contributed by atoms with E-state index < -0.39 is 0 Å². The minimum Gasteiger partial charge on any atom is -0.425 e. The molecule has 0 unspecified atom stereocenters. The van der Waals surface area contributed by atoms with Crippen molar-refractivity contribution in [3.05, 3.63) is 12.1 Å². The Kier molecular flexibility index (Phi) is 4.85. The fourth-order valence-corrected chi connectivity index (χ4v) is 1.14. The molecule has 0 aromatic heterocycles. The summed E-state index contributed by atoms with van der Waals surface area (Å²) in [4.78, 5) is 41.2. The van der Waals surface area contributed by atoms with E-state index in [0.717, 1.165) is 0 Å². The molecule has 0 spiro atoms. The molecule has 0 radical (unpaired) electrons. The van der Waals surface area contributed by atoms with Crippen LogP contribution >= 0.6 is 0 Å². The van der Waals surface area contributed by atoms with Crippen LogP contribution in [0, 0.1) is 0 Å². The molecule has 1 rings (SSSR count). The monoisotopic (exact) mass is 254 g/mol. The minimum absolute atomic E-state index is 0.0232. The van der Waals surface area contributed by atoms with E-state index in [1.807, 2.05) is 0 Å². The van der Waals surface area contributed by atoms with Crippen LogP contribution in [0.3, 0.4) is 0 Å². The first-order valence-electron chi connectivity index (χ1n) is 4.36. The number of rotatable bonds is 8. The number of benzene rings is 1. The number of ether oxygens (including phenoxy) is 4. The van der Waals surface area contributed by atoms with Gasteiger partial charge in [0.2, 0.25) is 11.5 Å². The maximum absolute atomic E-state index is 10.3. The van der Waals surface area contributed by atoms with Gasteiger partial charge < -0.3 is 18.9 Å². The van der Waals surface area contributed by atoms with Crippen molar-refractivity contribution in [2.75, 3.05) is 0 Å². The first-order chi connectivity index (χ1) is 8.78. The van der Waals surface area contributed by atoms with Crippen molar-refractivity contribution < 1.29 is 38.1 Å². The zero-order valence-electron chi connectivity index (χ0n) is 8.73. The average Bonchev–Trinajstić information content (AvgIpc) is 2.37. The number of hydrogen-bond acceptors (Lipinski definition) is 8. The summed E-state index contributed by atoms with van der Waals surface area (Å²) in [5.74, 6) is -1.12. The zero-order valence-corrected chi connectivity index (χ0v) is 8.73. The summed E-state index contributed by atoms with van der Waals surface area (Å²) >= 11 is 0. The van der Waals surface area contributed by atoms with Crippen molar-refractivity contribution in [2.45, 2.75) is 0 Å². The Morgan fingerprint density at radius 2 is 0.944 bits per heavy atom. The van der Waals surface area contributed by atoms with E-state index in [1.165, 1.54) is 12.1 Å². The van der Waals surface area contributed by atoms with Gasteiger partial charge in [-0.1, -0.05) is 0 Å². The van der Waals surface area contributed by atoms with Crippen molar-refractivity contribution in [1.82, 2.24) is 0 Å². The largest absolute Gasteiger partial charge is 0.425 e. The standard InChI is InChI=1S/C10H6O8/c11-3-15-7-1-2-8(16-4-12)10(18-6-14)9(7)17-5-13/h1-6H. The van der Waals surface area contributed by atoms with Gasteiger partial charge in [-0.3, -0.25) is 19.2 Å². The van der Waals surface area contributed by atoms with Gasteiger partial charge in [-0.15, -0.1) is 0 Å². The van der Waals surface area contributed by atoms with Gasteiger partial charge in [0.15, 0.2) is 11.5 Å². The molecule has 0 aliphatic heterocycles. The molecule has 0 heterocycles. The van der Waals surface area contributed by atoms with Crippen LogP contribution in [0.15, 0.2) is 12.1 Å². The first-order valence-corrected chi connectivity index (χ1v) is 4.36. The molecule has 1 aromatic rings. The molecule has 94 valence electrons. The van der Waals surface area contributed by atoms with Crippen LogP contribution in [0.2, 0.25) is 0 Å². The van der Waals surface area contributed by atoms with Crippen molar-refractivity contribution in [3.8, 4) is 23.0 Å². The normalized spacial score (nSPS) is 8.89. The number of carbonyl (C=O) groups is 4. The zero-order chi connectivity index (χ0) is 13.4. The molecule has 0 bridgehead atoms. The van der Waals surface area contributed by atoms with Gasteiger partial charge in [0.25, 0.3) is 25.9 Å². The fraction of sp³-hybridized carbons (Fsp3) is 0. The Labute approximate surface area is 100.0 Å². The number of carbonyl (C=O) groups excluding carboxylic acids is 4. The van der Waals surface area contributed by atoms with Gasteiger partial charge in [0.1, 0.15) is 0 Å². The first kappa shape index (κ1) is 13.2. The highest BCUT2D eigenvalue weighted by Crippen LogP contribution is 2.43. The molecule has 0 atom stereocenters. The SMILES string of the molecule is O=COc1ccc(OC=O)c(OC=O)c1OC=O. The maximum atomic E-state index is 10.3. The molecular formula is C10H6O8. The van der Waals surface area contributed by atoms with Gasteiger partial charge in [-0.2, -0.15) is 0 Å². The molecule has 0 fully saturated rings. The second-order valence-corrected chi connectivity index (χ2v) is 2.58. The molecule has 1 aromatic carbocycles. The molecular weight excluding hydrogens is 248 g/mol. The van der Waals surface area contributed by atoms with Crippen molar-refractivity contribution in [2.24, 2.45) is 0 Å². The summed E-state index contributed by atoms with van der Waals surface area (Å²) in [6.45, 7) is 0.209. The highest BCUT2D eigenvalue weighted by Gasteiger charge is 2.19. The van der Waals surface area contributed by atoms with E-state index in [0.29, 0.717) is 0 Å². The summed E-state index contributed by atoms with van der Waals surface area (Å²) in [7, 11) is 0. The summed E-state index contributed by atoms with van der Waals surface area (Å²) in [5, 5.41) is 0. The van der Waals surface area contributed by atoms with Crippen LogP contribution in [0.1, 0.15) is 0 Å². The quantitative estimate of drug-likeness (QED) is 0.588. The lowest BCUT2D eigenvalue weighted by Crippen LogP contribution is -2.02. The lowest BCUT2D eigenvalue weighted by molar-refractivity contribution is -0.124. The Bertz CT molecular complexity index is 424. The van der Waals surface area contributed by atoms with Crippen LogP contribution in [-0.2, 0) is 19.2 Å². The minimum atomic E-state index is -0.372. The van der Waals surface area contributed by atoms with Crippen LogP contribution < -0.4 is 18.9 Å². The molecule has 0 saturated carbocycles. The van der Waals surface area contributed by atoms with Crippen LogP contribution in [0.4, 0.5) is 0 Å². The van der Waals surface area contributed by atoms with E-state index in [1.54, 1.807) is 0 Å². The van der Waals surface area contributed by atoms with Crippen molar-refractivity contribution >= 4 is 25.9 Å². The van der Waals surface area contributed by atoms with E-state index >= 15 is 0 Å². The molecule has 0 aliphatic carbocycles. The van der Waals surface area contributed by atoms with Gasteiger partial charge in [0, 0.05) is 0 Å². The third-order valence-corrected chi connectivity index (χ3v) is 1.72. The van der Waals surface area contributed by atoms with Gasteiger partial charge in [0.05, 0.1) is 0 Å². The second kappa shape index (κ2) is 6.63. The van der Waals surface area contributed by atoms with E-state index in [-0.39, 0.29) is 48.9 Å². The fourth-order valence-electron chi connectivity index (χ4n) is 1.14. The van der Waals surface area contributed by atoms with E-state index in [9.17, 15) is 19.2 Å². The molecule has 0 aliphatic rings. The highest BCUT2D eigenvalue weighted by molar-refractivity contribution is 5.69.